The number of anilines is 1. The molecule has 0 saturated heterocycles. The van der Waals surface area contributed by atoms with Crippen LogP contribution in [0.2, 0.25) is 0 Å². The molecule has 0 radical (unpaired) electrons. The first-order valence-corrected chi connectivity index (χ1v) is 10.2. The predicted octanol–water partition coefficient (Wildman–Crippen LogP) is 7.93. The number of hydrogen-bond acceptors (Lipinski definition) is 1. The third-order valence-electron chi connectivity index (χ3n) is 6.21. The SMILES string of the molecule is C=C/C(=C\C(F)=C/C)CC1(CC)C(=C)Nc2ccc(-c3ccc(C)c(C)c3)cc21. The van der Waals surface area contributed by atoms with E-state index in [1.165, 1.54) is 33.9 Å². The van der Waals surface area contributed by atoms with Crippen molar-refractivity contribution in [1.29, 1.82) is 0 Å². The molecule has 0 saturated carbocycles. The number of rotatable bonds is 6. The van der Waals surface area contributed by atoms with Gasteiger partial charge in [-0.3, -0.25) is 0 Å². The van der Waals surface area contributed by atoms with Crippen LogP contribution in [0.15, 0.2) is 84.9 Å². The van der Waals surface area contributed by atoms with Crippen LogP contribution in [-0.4, -0.2) is 0 Å². The first-order valence-electron chi connectivity index (χ1n) is 10.2. The van der Waals surface area contributed by atoms with Crippen molar-refractivity contribution in [2.24, 2.45) is 0 Å². The maximum atomic E-state index is 13.9. The van der Waals surface area contributed by atoms with Gasteiger partial charge in [0.1, 0.15) is 5.83 Å². The van der Waals surface area contributed by atoms with Gasteiger partial charge in [0.15, 0.2) is 0 Å². The number of allylic oxidation sites excluding steroid dienone is 6. The number of halogens is 1. The van der Waals surface area contributed by atoms with Crippen molar-refractivity contribution < 1.29 is 4.39 Å². The van der Waals surface area contributed by atoms with Gasteiger partial charge in [0.25, 0.3) is 0 Å². The first-order chi connectivity index (χ1) is 13.8. The number of benzene rings is 2. The second-order valence-corrected chi connectivity index (χ2v) is 7.87. The fraction of sp³-hybridized carbons (Fsp3) is 0.259. The molecular weight excluding hydrogens is 357 g/mol. The van der Waals surface area contributed by atoms with Crippen molar-refractivity contribution in [2.75, 3.05) is 5.32 Å². The number of fused-ring (bicyclic) bond motifs is 1. The Morgan fingerprint density at radius 3 is 2.41 bits per heavy atom. The lowest BCUT2D eigenvalue weighted by atomic mass is 9.72. The van der Waals surface area contributed by atoms with Crippen molar-refractivity contribution in [3.8, 4) is 11.1 Å². The van der Waals surface area contributed by atoms with Crippen LogP contribution in [0.4, 0.5) is 10.1 Å². The summed E-state index contributed by atoms with van der Waals surface area (Å²) >= 11 is 0. The Morgan fingerprint density at radius 2 is 1.79 bits per heavy atom. The first kappa shape index (κ1) is 20.9. The van der Waals surface area contributed by atoms with Crippen LogP contribution < -0.4 is 5.32 Å². The minimum Gasteiger partial charge on any atom is -0.358 e. The Bertz CT molecular complexity index is 1020. The lowest BCUT2D eigenvalue weighted by molar-refractivity contribution is 0.503. The summed E-state index contributed by atoms with van der Waals surface area (Å²) in [5.74, 6) is -0.244. The molecule has 29 heavy (non-hydrogen) atoms. The molecular formula is C27H30FN. The zero-order valence-electron chi connectivity index (χ0n) is 17.9. The highest BCUT2D eigenvalue weighted by molar-refractivity contribution is 5.76. The molecule has 1 N–H and O–H groups in total. The molecule has 0 aromatic heterocycles. The molecule has 0 fully saturated rings. The molecule has 1 heterocycles. The fourth-order valence-corrected chi connectivity index (χ4v) is 4.12. The Labute approximate surface area is 174 Å². The average molecular weight is 388 g/mol. The van der Waals surface area contributed by atoms with Crippen molar-refractivity contribution in [2.45, 2.75) is 46.0 Å². The monoisotopic (exact) mass is 387 g/mol. The molecule has 0 aliphatic carbocycles. The van der Waals surface area contributed by atoms with E-state index in [-0.39, 0.29) is 11.2 Å². The zero-order chi connectivity index (χ0) is 21.2. The summed E-state index contributed by atoms with van der Waals surface area (Å²) in [6, 6.07) is 13.1. The second-order valence-electron chi connectivity index (χ2n) is 7.87. The van der Waals surface area contributed by atoms with E-state index in [2.05, 4.69) is 75.6 Å². The van der Waals surface area contributed by atoms with Crippen molar-refractivity contribution in [1.82, 2.24) is 0 Å². The van der Waals surface area contributed by atoms with Crippen molar-refractivity contribution in [3.05, 3.63) is 102 Å². The zero-order valence-corrected chi connectivity index (χ0v) is 17.9. The van der Waals surface area contributed by atoms with Gasteiger partial charge in [0.05, 0.1) is 0 Å². The van der Waals surface area contributed by atoms with Gasteiger partial charge in [-0.05, 0) is 85.2 Å². The molecule has 2 heteroatoms. The fourth-order valence-electron chi connectivity index (χ4n) is 4.12. The van der Waals surface area contributed by atoms with E-state index < -0.39 is 0 Å². The topological polar surface area (TPSA) is 12.0 Å². The molecule has 1 atom stereocenters. The maximum Gasteiger partial charge on any atom is 0.119 e. The average Bonchev–Trinajstić information content (AvgIpc) is 3.00. The van der Waals surface area contributed by atoms with E-state index >= 15 is 0 Å². The second kappa shape index (κ2) is 8.24. The minimum atomic E-state index is -0.293. The Balaban J connectivity index is 2.10. The van der Waals surface area contributed by atoms with Crippen LogP contribution in [0, 0.1) is 13.8 Å². The smallest absolute Gasteiger partial charge is 0.119 e. The normalized spacial score (nSPS) is 19.1. The van der Waals surface area contributed by atoms with E-state index in [1.54, 1.807) is 19.1 Å². The van der Waals surface area contributed by atoms with Crippen molar-refractivity contribution >= 4 is 5.69 Å². The molecule has 3 rings (SSSR count). The van der Waals surface area contributed by atoms with Gasteiger partial charge >= 0.3 is 0 Å². The molecule has 2 aromatic rings. The van der Waals surface area contributed by atoms with Crippen molar-refractivity contribution in [3.63, 3.8) is 0 Å². The lowest BCUT2D eigenvalue weighted by Gasteiger charge is -2.30. The van der Waals surface area contributed by atoms with Gasteiger partial charge in [0, 0.05) is 16.8 Å². The highest BCUT2D eigenvalue weighted by Crippen LogP contribution is 2.50. The number of hydrogen-bond donors (Lipinski definition) is 1. The molecule has 1 aliphatic rings. The standard InChI is InChI=1S/C27H30FN/c1-7-21(15-24(28)8-2)17-27(9-3)20(6)29-26-13-12-23(16-25(26)27)22-11-10-18(4)19(5)14-22/h7-8,10-16,29H,1,6,9,17H2,2-5H3/b21-15+,24-8+. The molecule has 150 valence electrons. The van der Waals surface area contributed by atoms with Gasteiger partial charge in [-0.1, -0.05) is 56.5 Å². The third-order valence-corrected chi connectivity index (χ3v) is 6.21. The summed E-state index contributed by atoms with van der Waals surface area (Å²) in [6.07, 6.45) is 6.31. The van der Waals surface area contributed by atoms with Crippen LogP contribution in [0.1, 0.15) is 43.4 Å². The van der Waals surface area contributed by atoms with E-state index in [0.29, 0.717) is 6.42 Å². The summed E-state index contributed by atoms with van der Waals surface area (Å²) in [4.78, 5) is 0. The van der Waals surface area contributed by atoms with Gasteiger partial charge in [-0.2, -0.15) is 0 Å². The molecule has 2 aromatic carbocycles. The van der Waals surface area contributed by atoms with Crippen LogP contribution in [-0.2, 0) is 5.41 Å². The third kappa shape index (κ3) is 3.85. The number of aryl methyl sites for hydroxylation is 2. The Kier molecular flexibility index (Phi) is 5.93. The quantitative estimate of drug-likeness (QED) is 0.496. The number of nitrogens with one attached hydrogen (secondary N) is 1. The summed E-state index contributed by atoms with van der Waals surface area (Å²) in [5.41, 5.74) is 8.80. The summed E-state index contributed by atoms with van der Waals surface area (Å²) in [5, 5.41) is 3.47. The van der Waals surface area contributed by atoms with Crippen LogP contribution >= 0.6 is 0 Å². The van der Waals surface area contributed by atoms with Crippen LogP contribution in [0.5, 0.6) is 0 Å². The van der Waals surface area contributed by atoms with E-state index in [1.807, 2.05) is 0 Å². The largest absolute Gasteiger partial charge is 0.358 e. The van der Waals surface area contributed by atoms with Crippen LogP contribution in [0.25, 0.3) is 11.1 Å². The molecule has 0 amide bonds. The van der Waals surface area contributed by atoms with Gasteiger partial charge in [-0.25, -0.2) is 4.39 Å². The minimum absolute atomic E-state index is 0.244. The Morgan fingerprint density at radius 1 is 1.10 bits per heavy atom. The van der Waals surface area contributed by atoms with Gasteiger partial charge < -0.3 is 5.32 Å². The molecule has 0 bridgehead atoms. The summed E-state index contributed by atoms with van der Waals surface area (Å²) in [7, 11) is 0. The maximum absolute atomic E-state index is 13.9. The van der Waals surface area contributed by atoms with Gasteiger partial charge in [0.2, 0.25) is 0 Å². The Hall–Kier alpha value is -2.87. The highest BCUT2D eigenvalue weighted by Gasteiger charge is 2.41. The molecule has 1 aliphatic heterocycles. The van der Waals surface area contributed by atoms with E-state index in [4.69, 9.17) is 0 Å². The molecule has 0 spiro atoms. The lowest BCUT2D eigenvalue weighted by Crippen LogP contribution is -2.25. The molecule has 1 nitrogen and oxygen atoms in total. The predicted molar refractivity (Wildman–Crippen MR) is 124 cm³/mol. The molecule has 1 unspecified atom stereocenters. The van der Waals surface area contributed by atoms with Crippen LogP contribution in [0.3, 0.4) is 0 Å². The van der Waals surface area contributed by atoms with E-state index in [0.717, 1.165) is 23.4 Å². The van der Waals surface area contributed by atoms with E-state index in [9.17, 15) is 4.39 Å². The summed E-state index contributed by atoms with van der Waals surface area (Å²) < 4.78 is 13.9. The summed E-state index contributed by atoms with van der Waals surface area (Å²) in [6.45, 7) is 16.4. The highest BCUT2D eigenvalue weighted by atomic mass is 19.1. The van der Waals surface area contributed by atoms with Gasteiger partial charge in [-0.15, -0.1) is 0 Å².